The van der Waals surface area contributed by atoms with E-state index in [4.69, 9.17) is 0 Å². The number of aliphatic imine (C=N–C) groups is 4. The van der Waals surface area contributed by atoms with Gasteiger partial charge in [0.2, 0.25) is 24.3 Å². The minimum Gasteiger partial charge on any atom is -0.211 e. The maximum Gasteiger partial charge on any atom is 0.240 e. The molecule has 0 saturated heterocycles. The highest BCUT2D eigenvalue weighted by molar-refractivity contribution is 5.83. The van der Waals surface area contributed by atoms with Crippen molar-refractivity contribution in [2.45, 2.75) is 19.4 Å². The standard InChI is InChI=1S/C25H16N4O4/c1-17-8-10-20(11-9-17)25(29-16-33,19-6-4-3-5-7-19)21-12-22(26-13-30)18(2)23(27-14-31)24(21)28-15-32/h3-12H,1-2H3. The van der Waals surface area contributed by atoms with Crippen LogP contribution in [-0.4, -0.2) is 24.3 Å². The highest BCUT2D eigenvalue weighted by Crippen LogP contribution is 2.50. The fourth-order valence-electron chi connectivity index (χ4n) is 3.73. The number of nitrogens with zero attached hydrogens (tertiary/aromatic N) is 4. The Morgan fingerprint density at radius 2 is 1.24 bits per heavy atom. The molecule has 3 aromatic carbocycles. The van der Waals surface area contributed by atoms with Gasteiger partial charge < -0.3 is 0 Å². The smallest absolute Gasteiger partial charge is 0.211 e. The van der Waals surface area contributed by atoms with E-state index in [9.17, 15) is 19.2 Å². The Hall–Kier alpha value is -4.82. The first-order valence-corrected chi connectivity index (χ1v) is 9.66. The van der Waals surface area contributed by atoms with Gasteiger partial charge in [0.25, 0.3) is 0 Å². The lowest BCUT2D eigenvalue weighted by Gasteiger charge is -2.32. The quantitative estimate of drug-likeness (QED) is 0.299. The summed E-state index contributed by atoms with van der Waals surface area (Å²) in [4.78, 5) is 60.9. The van der Waals surface area contributed by atoms with E-state index >= 15 is 0 Å². The van der Waals surface area contributed by atoms with Crippen molar-refractivity contribution >= 4 is 41.4 Å². The van der Waals surface area contributed by atoms with Gasteiger partial charge >= 0.3 is 0 Å². The van der Waals surface area contributed by atoms with Crippen molar-refractivity contribution in [2.24, 2.45) is 20.0 Å². The molecule has 1 unspecified atom stereocenters. The third-order valence-electron chi connectivity index (χ3n) is 5.24. The van der Waals surface area contributed by atoms with Crippen molar-refractivity contribution in [3.05, 3.63) is 88.5 Å². The zero-order valence-corrected chi connectivity index (χ0v) is 17.7. The first-order chi connectivity index (χ1) is 16.0. The van der Waals surface area contributed by atoms with Crippen LogP contribution in [0.25, 0.3) is 0 Å². The number of isocyanates is 4. The summed E-state index contributed by atoms with van der Waals surface area (Å²) in [7, 11) is 0. The van der Waals surface area contributed by atoms with E-state index in [1.54, 1.807) is 55.5 Å². The average Bonchev–Trinajstić information content (AvgIpc) is 2.83. The first-order valence-electron chi connectivity index (χ1n) is 9.66. The van der Waals surface area contributed by atoms with Crippen LogP contribution >= 0.6 is 0 Å². The maximum atomic E-state index is 11.8. The van der Waals surface area contributed by atoms with Crippen molar-refractivity contribution < 1.29 is 19.2 Å². The molecule has 3 rings (SSSR count). The molecule has 33 heavy (non-hydrogen) atoms. The predicted molar refractivity (Wildman–Crippen MR) is 120 cm³/mol. The molecule has 0 amide bonds. The van der Waals surface area contributed by atoms with Crippen LogP contribution in [0.3, 0.4) is 0 Å². The molecule has 1 atom stereocenters. The summed E-state index contributed by atoms with van der Waals surface area (Å²) in [6, 6.07) is 17.4. The highest BCUT2D eigenvalue weighted by Gasteiger charge is 2.40. The third kappa shape index (κ3) is 4.18. The topological polar surface area (TPSA) is 118 Å². The second-order valence-electron chi connectivity index (χ2n) is 7.02. The Kier molecular flexibility index (Phi) is 6.92. The zero-order valence-electron chi connectivity index (χ0n) is 17.7. The van der Waals surface area contributed by atoms with Crippen molar-refractivity contribution in [3.8, 4) is 0 Å². The molecule has 0 aliphatic rings. The van der Waals surface area contributed by atoms with Crippen LogP contribution in [0.4, 0.5) is 17.1 Å². The molecule has 0 spiro atoms. The Balaban J connectivity index is 2.66. The number of rotatable bonds is 7. The van der Waals surface area contributed by atoms with Gasteiger partial charge in [0.15, 0.2) is 5.54 Å². The highest BCUT2D eigenvalue weighted by atomic mass is 16.1. The van der Waals surface area contributed by atoms with Crippen molar-refractivity contribution in [1.29, 1.82) is 0 Å². The molecule has 0 saturated carbocycles. The van der Waals surface area contributed by atoms with Crippen LogP contribution in [0.15, 0.2) is 80.6 Å². The van der Waals surface area contributed by atoms with Gasteiger partial charge in [0, 0.05) is 11.1 Å². The molecule has 160 valence electrons. The molecule has 0 aliphatic heterocycles. The lowest BCUT2D eigenvalue weighted by atomic mass is 9.76. The Morgan fingerprint density at radius 3 is 1.82 bits per heavy atom. The monoisotopic (exact) mass is 436 g/mol. The Labute approximate surface area is 188 Å². The predicted octanol–water partition coefficient (Wildman–Crippen LogP) is 4.83. The summed E-state index contributed by atoms with van der Waals surface area (Å²) in [6.45, 7) is 3.44. The first kappa shape index (κ1) is 22.9. The van der Waals surface area contributed by atoms with Gasteiger partial charge in [-0.15, -0.1) is 0 Å². The molecule has 8 nitrogen and oxygen atoms in total. The molecule has 8 heteroatoms. The van der Waals surface area contributed by atoms with Gasteiger partial charge in [-0.05, 0) is 31.0 Å². The molecule has 0 aliphatic carbocycles. The van der Waals surface area contributed by atoms with E-state index in [1.807, 2.05) is 19.1 Å². The van der Waals surface area contributed by atoms with E-state index < -0.39 is 5.54 Å². The lowest BCUT2D eigenvalue weighted by Crippen LogP contribution is -2.27. The summed E-state index contributed by atoms with van der Waals surface area (Å²) >= 11 is 0. The van der Waals surface area contributed by atoms with Crippen LogP contribution in [0.2, 0.25) is 0 Å². The zero-order chi connectivity index (χ0) is 23.8. The molecule has 0 N–H and O–H groups in total. The number of carbonyl (C=O) groups excluding carboxylic acids is 4. The fourth-order valence-corrected chi connectivity index (χ4v) is 3.73. The van der Waals surface area contributed by atoms with E-state index in [0.29, 0.717) is 11.1 Å². The summed E-state index contributed by atoms with van der Waals surface area (Å²) in [5.41, 5.74) is 0.878. The minimum atomic E-state index is -1.57. The van der Waals surface area contributed by atoms with Gasteiger partial charge in [0.05, 0.1) is 5.69 Å². The Morgan fingerprint density at radius 1 is 0.667 bits per heavy atom. The average molecular weight is 436 g/mol. The summed E-state index contributed by atoms with van der Waals surface area (Å²) in [6.07, 6.45) is 5.98. The van der Waals surface area contributed by atoms with Crippen LogP contribution in [-0.2, 0) is 24.7 Å². The van der Waals surface area contributed by atoms with Crippen LogP contribution in [0.5, 0.6) is 0 Å². The number of hydrogen-bond donors (Lipinski definition) is 0. The van der Waals surface area contributed by atoms with Gasteiger partial charge in [-0.2, -0.15) is 20.0 Å². The van der Waals surface area contributed by atoms with Crippen molar-refractivity contribution in [1.82, 2.24) is 0 Å². The third-order valence-corrected chi connectivity index (χ3v) is 5.24. The minimum absolute atomic E-state index is 0.0617. The molecule has 3 aromatic rings. The van der Waals surface area contributed by atoms with E-state index in [2.05, 4.69) is 20.0 Å². The number of benzene rings is 3. The Bertz CT molecular complexity index is 1390. The second-order valence-corrected chi connectivity index (χ2v) is 7.02. The fraction of sp³-hybridized carbons (Fsp3) is 0.120. The van der Waals surface area contributed by atoms with E-state index in [1.165, 1.54) is 24.3 Å². The molecule has 0 fully saturated rings. The molecule has 0 bridgehead atoms. The van der Waals surface area contributed by atoms with Crippen LogP contribution in [0.1, 0.15) is 27.8 Å². The summed E-state index contributed by atoms with van der Waals surface area (Å²) in [5.74, 6) is 0. The number of aryl methyl sites for hydroxylation is 1. The van der Waals surface area contributed by atoms with Gasteiger partial charge in [0.1, 0.15) is 11.4 Å². The maximum absolute atomic E-state index is 11.8. The second kappa shape index (κ2) is 9.99. The van der Waals surface area contributed by atoms with Crippen molar-refractivity contribution in [2.75, 3.05) is 0 Å². The molecular weight excluding hydrogens is 420 g/mol. The molecule has 0 aromatic heterocycles. The SMILES string of the molecule is Cc1ccc(C(N=C=O)(c2ccccc2)c2cc(N=C=O)c(C)c(N=C=O)c2N=C=O)cc1. The van der Waals surface area contributed by atoms with E-state index in [0.717, 1.165) is 5.56 Å². The summed E-state index contributed by atoms with van der Waals surface area (Å²) < 4.78 is 0. The largest absolute Gasteiger partial charge is 0.240 e. The van der Waals surface area contributed by atoms with Gasteiger partial charge in [-0.3, -0.25) is 0 Å². The van der Waals surface area contributed by atoms with Gasteiger partial charge in [-0.1, -0.05) is 60.2 Å². The summed E-state index contributed by atoms with van der Waals surface area (Å²) in [5, 5.41) is 0. The van der Waals surface area contributed by atoms with Crippen molar-refractivity contribution in [3.63, 3.8) is 0 Å². The molecule has 0 radical (unpaired) electrons. The van der Waals surface area contributed by atoms with Crippen LogP contribution < -0.4 is 0 Å². The number of hydrogen-bond acceptors (Lipinski definition) is 8. The van der Waals surface area contributed by atoms with E-state index in [-0.39, 0.29) is 28.2 Å². The molecule has 0 heterocycles. The van der Waals surface area contributed by atoms with Crippen LogP contribution in [0, 0.1) is 13.8 Å². The molecular formula is C25H16N4O4. The lowest BCUT2D eigenvalue weighted by molar-refractivity contribution is 0.550. The van der Waals surface area contributed by atoms with Gasteiger partial charge in [-0.25, -0.2) is 19.2 Å². The normalized spacial score (nSPS) is 11.6.